The molecule has 0 bridgehead atoms. The van der Waals surface area contributed by atoms with Gasteiger partial charge in [0.25, 0.3) is 0 Å². The lowest BCUT2D eigenvalue weighted by Crippen LogP contribution is -2.30. The molecule has 17 heavy (non-hydrogen) atoms. The first-order chi connectivity index (χ1) is 8.34. The number of imidazole rings is 1. The van der Waals surface area contributed by atoms with E-state index in [-0.39, 0.29) is 12.1 Å². The first kappa shape index (κ1) is 10.5. The van der Waals surface area contributed by atoms with E-state index in [0.29, 0.717) is 5.65 Å². The molecular formula is C11H15N5O. The van der Waals surface area contributed by atoms with Crippen molar-refractivity contribution in [2.75, 3.05) is 11.9 Å². The molecule has 2 unspecified atom stereocenters. The van der Waals surface area contributed by atoms with Crippen LogP contribution in [0.5, 0.6) is 0 Å². The first-order valence-electron chi connectivity index (χ1n) is 5.87. The summed E-state index contributed by atoms with van der Waals surface area (Å²) in [5, 5.41) is 3.37. The van der Waals surface area contributed by atoms with Gasteiger partial charge in [0, 0.05) is 6.61 Å². The molecule has 3 rings (SSSR count). The molecule has 0 amide bonds. The fourth-order valence-electron chi connectivity index (χ4n) is 2.18. The van der Waals surface area contributed by atoms with Crippen molar-refractivity contribution in [1.82, 2.24) is 19.9 Å². The summed E-state index contributed by atoms with van der Waals surface area (Å²) in [4.78, 5) is 15.5. The third kappa shape index (κ3) is 1.95. The van der Waals surface area contributed by atoms with Gasteiger partial charge in [0.2, 0.25) is 0 Å². The van der Waals surface area contributed by atoms with Crippen LogP contribution in [-0.4, -0.2) is 38.7 Å². The fourth-order valence-corrected chi connectivity index (χ4v) is 2.18. The van der Waals surface area contributed by atoms with Crippen LogP contribution in [0.4, 0.5) is 5.82 Å². The summed E-state index contributed by atoms with van der Waals surface area (Å²) in [6.07, 6.45) is 5.66. The van der Waals surface area contributed by atoms with Crippen molar-refractivity contribution in [1.29, 1.82) is 0 Å². The highest BCUT2D eigenvalue weighted by Gasteiger charge is 2.23. The number of hydrogen-bond donors (Lipinski definition) is 2. The van der Waals surface area contributed by atoms with E-state index in [1.54, 1.807) is 6.33 Å². The monoisotopic (exact) mass is 233 g/mol. The SMILES string of the molecule is CC(Nc1ncnc2nc[nH]c12)C1CCCO1. The van der Waals surface area contributed by atoms with E-state index < -0.39 is 0 Å². The summed E-state index contributed by atoms with van der Waals surface area (Å²) in [6, 6.07) is 0.235. The molecule has 6 nitrogen and oxygen atoms in total. The van der Waals surface area contributed by atoms with Crippen LogP contribution in [0.3, 0.4) is 0 Å². The quantitative estimate of drug-likeness (QED) is 0.836. The Labute approximate surface area is 98.8 Å². The number of H-pyrrole nitrogens is 1. The van der Waals surface area contributed by atoms with Crippen molar-refractivity contribution >= 4 is 17.0 Å². The second-order valence-electron chi connectivity index (χ2n) is 4.31. The number of rotatable bonds is 3. The standard InChI is InChI=1S/C11H15N5O/c1-7(8-3-2-4-17-8)16-11-9-10(13-5-12-9)14-6-15-11/h5-8H,2-4H2,1H3,(H2,12,13,14,15,16). The number of aromatic nitrogens is 4. The van der Waals surface area contributed by atoms with E-state index in [9.17, 15) is 0 Å². The zero-order valence-electron chi connectivity index (χ0n) is 9.68. The minimum absolute atomic E-state index is 0.235. The molecule has 90 valence electrons. The zero-order chi connectivity index (χ0) is 11.7. The number of nitrogens with zero attached hydrogens (tertiary/aromatic N) is 3. The third-order valence-electron chi connectivity index (χ3n) is 3.11. The van der Waals surface area contributed by atoms with Crippen molar-refractivity contribution in [3.05, 3.63) is 12.7 Å². The van der Waals surface area contributed by atoms with Gasteiger partial charge >= 0.3 is 0 Å². The molecule has 0 radical (unpaired) electrons. The minimum atomic E-state index is 0.235. The number of ether oxygens (including phenoxy) is 1. The van der Waals surface area contributed by atoms with Crippen LogP contribution in [0, 0.1) is 0 Å². The Kier molecular flexibility index (Phi) is 2.64. The van der Waals surface area contributed by atoms with Gasteiger partial charge in [-0.15, -0.1) is 0 Å². The predicted octanol–water partition coefficient (Wildman–Crippen LogP) is 1.33. The molecular weight excluding hydrogens is 218 g/mol. The highest BCUT2D eigenvalue weighted by Crippen LogP contribution is 2.20. The highest BCUT2D eigenvalue weighted by molar-refractivity contribution is 5.82. The molecule has 0 spiro atoms. The normalized spacial score (nSPS) is 21.8. The van der Waals surface area contributed by atoms with Crippen LogP contribution in [0.2, 0.25) is 0 Å². The Morgan fingerprint density at radius 1 is 1.47 bits per heavy atom. The molecule has 1 fully saturated rings. The Morgan fingerprint density at radius 3 is 3.24 bits per heavy atom. The summed E-state index contributed by atoms with van der Waals surface area (Å²) < 4.78 is 5.65. The van der Waals surface area contributed by atoms with Crippen molar-refractivity contribution in [3.8, 4) is 0 Å². The van der Waals surface area contributed by atoms with Gasteiger partial charge in [-0.3, -0.25) is 0 Å². The van der Waals surface area contributed by atoms with Gasteiger partial charge in [0.05, 0.1) is 18.5 Å². The maximum Gasteiger partial charge on any atom is 0.182 e. The maximum absolute atomic E-state index is 5.65. The van der Waals surface area contributed by atoms with E-state index in [0.717, 1.165) is 30.8 Å². The zero-order valence-corrected chi connectivity index (χ0v) is 9.68. The predicted molar refractivity (Wildman–Crippen MR) is 63.7 cm³/mol. The van der Waals surface area contributed by atoms with Gasteiger partial charge in [-0.1, -0.05) is 0 Å². The van der Waals surface area contributed by atoms with Crippen LogP contribution in [0.25, 0.3) is 11.2 Å². The molecule has 2 aromatic heterocycles. The van der Waals surface area contributed by atoms with Crippen molar-refractivity contribution in [3.63, 3.8) is 0 Å². The van der Waals surface area contributed by atoms with Crippen molar-refractivity contribution in [2.24, 2.45) is 0 Å². The average molecular weight is 233 g/mol. The third-order valence-corrected chi connectivity index (χ3v) is 3.11. The van der Waals surface area contributed by atoms with Crippen LogP contribution in [-0.2, 0) is 4.74 Å². The van der Waals surface area contributed by atoms with Gasteiger partial charge in [0.15, 0.2) is 11.5 Å². The number of nitrogens with one attached hydrogen (secondary N) is 2. The second kappa shape index (κ2) is 4.29. The van der Waals surface area contributed by atoms with E-state index in [1.807, 2.05) is 0 Å². The molecule has 2 atom stereocenters. The molecule has 2 N–H and O–H groups in total. The van der Waals surface area contributed by atoms with Gasteiger partial charge in [-0.2, -0.15) is 0 Å². The Hall–Kier alpha value is -1.69. The van der Waals surface area contributed by atoms with Crippen LogP contribution < -0.4 is 5.32 Å². The number of hydrogen-bond acceptors (Lipinski definition) is 5. The molecule has 0 aromatic carbocycles. The highest BCUT2D eigenvalue weighted by atomic mass is 16.5. The lowest BCUT2D eigenvalue weighted by atomic mass is 10.1. The molecule has 0 saturated carbocycles. The van der Waals surface area contributed by atoms with E-state index >= 15 is 0 Å². The smallest absolute Gasteiger partial charge is 0.182 e. The van der Waals surface area contributed by atoms with Gasteiger partial charge in [-0.25, -0.2) is 15.0 Å². The lowest BCUT2D eigenvalue weighted by Gasteiger charge is -2.20. The second-order valence-corrected chi connectivity index (χ2v) is 4.31. The molecule has 3 heterocycles. The lowest BCUT2D eigenvalue weighted by molar-refractivity contribution is 0.0996. The number of anilines is 1. The van der Waals surface area contributed by atoms with Crippen molar-refractivity contribution < 1.29 is 4.74 Å². The molecule has 1 aliphatic rings. The minimum Gasteiger partial charge on any atom is -0.376 e. The Bertz CT molecular complexity index is 505. The molecule has 1 aliphatic heterocycles. The Balaban J connectivity index is 1.81. The average Bonchev–Trinajstić information content (AvgIpc) is 3.00. The van der Waals surface area contributed by atoms with Crippen LogP contribution in [0.15, 0.2) is 12.7 Å². The summed E-state index contributed by atoms with van der Waals surface area (Å²) in [5.74, 6) is 0.788. The van der Waals surface area contributed by atoms with Crippen molar-refractivity contribution in [2.45, 2.75) is 31.9 Å². The van der Waals surface area contributed by atoms with E-state index in [1.165, 1.54) is 6.33 Å². The van der Waals surface area contributed by atoms with Crippen LogP contribution in [0.1, 0.15) is 19.8 Å². The van der Waals surface area contributed by atoms with Gasteiger partial charge in [-0.05, 0) is 19.8 Å². The summed E-state index contributed by atoms with van der Waals surface area (Å²) in [7, 11) is 0. The van der Waals surface area contributed by atoms with Gasteiger partial charge < -0.3 is 15.0 Å². The maximum atomic E-state index is 5.65. The first-order valence-corrected chi connectivity index (χ1v) is 5.87. The molecule has 1 saturated heterocycles. The largest absolute Gasteiger partial charge is 0.376 e. The molecule has 6 heteroatoms. The summed E-state index contributed by atoms with van der Waals surface area (Å²) >= 11 is 0. The number of fused-ring (bicyclic) bond motifs is 1. The topological polar surface area (TPSA) is 75.7 Å². The van der Waals surface area contributed by atoms with Gasteiger partial charge in [0.1, 0.15) is 11.8 Å². The summed E-state index contributed by atoms with van der Waals surface area (Å²) in [5.41, 5.74) is 1.53. The fraction of sp³-hybridized carbons (Fsp3) is 0.545. The van der Waals surface area contributed by atoms with E-state index in [4.69, 9.17) is 4.74 Å². The molecule has 2 aromatic rings. The molecule has 0 aliphatic carbocycles. The summed E-state index contributed by atoms with van der Waals surface area (Å²) in [6.45, 7) is 2.97. The van der Waals surface area contributed by atoms with Crippen LogP contribution >= 0.6 is 0 Å². The number of aromatic amines is 1. The van der Waals surface area contributed by atoms with E-state index in [2.05, 4.69) is 32.2 Å². The Morgan fingerprint density at radius 2 is 2.41 bits per heavy atom.